The summed E-state index contributed by atoms with van der Waals surface area (Å²) in [5, 5.41) is 5.15. The maximum atomic E-state index is 13.2. The molecule has 3 rings (SSSR count). The van der Waals surface area contributed by atoms with Crippen LogP contribution in [0.4, 0.5) is 5.69 Å². The molecule has 0 spiro atoms. The number of rotatable bonds is 19. The lowest BCUT2D eigenvalue weighted by molar-refractivity contribution is 0.0582. The highest BCUT2D eigenvalue weighted by Gasteiger charge is 2.32. The van der Waals surface area contributed by atoms with Gasteiger partial charge in [-0.25, -0.2) is 0 Å². The second-order valence-electron chi connectivity index (χ2n) is 9.63. The zero-order chi connectivity index (χ0) is 25.6. The molecule has 0 aromatic heterocycles. The first kappa shape index (κ1) is 28.1. The second-order valence-corrected chi connectivity index (χ2v) is 9.63. The molecule has 6 heteroatoms. The molecular formula is C30H44N2O4. The summed E-state index contributed by atoms with van der Waals surface area (Å²) >= 11 is 0. The molecule has 2 aromatic rings. The third-order valence-corrected chi connectivity index (χ3v) is 6.73. The fraction of sp³-hybridized carbons (Fsp3) is 0.600. The third-order valence-electron chi connectivity index (χ3n) is 6.73. The van der Waals surface area contributed by atoms with Gasteiger partial charge in [-0.2, -0.15) is 0 Å². The number of carbonyl (C=O) groups is 2. The standard InChI is InChI=1S/C30H44N2O4/c1-3-5-7-9-20-35-22-12-18-31-27-17-16-26-28-24(27)14-11-15-25(28)29(33)32(30(26)34)19-13-23-36-21-10-8-6-4-2/h11,14-17,31H,3-10,12-13,18-23H2,1-2H3. The topological polar surface area (TPSA) is 67.9 Å². The molecule has 1 aliphatic heterocycles. The maximum absolute atomic E-state index is 13.2. The highest BCUT2D eigenvalue weighted by molar-refractivity contribution is 6.26. The van der Waals surface area contributed by atoms with Gasteiger partial charge in [0, 0.05) is 67.1 Å². The Hall–Kier alpha value is -2.44. The first-order chi connectivity index (χ1) is 17.7. The van der Waals surface area contributed by atoms with Gasteiger partial charge in [-0.3, -0.25) is 14.5 Å². The Morgan fingerprint density at radius 2 is 1.31 bits per heavy atom. The molecule has 0 saturated heterocycles. The first-order valence-corrected chi connectivity index (χ1v) is 14.0. The number of anilines is 1. The van der Waals surface area contributed by atoms with Crippen molar-refractivity contribution in [1.82, 2.24) is 4.90 Å². The van der Waals surface area contributed by atoms with Crippen molar-refractivity contribution in [3.63, 3.8) is 0 Å². The van der Waals surface area contributed by atoms with Crippen LogP contribution in [0, 0.1) is 0 Å². The number of amides is 2. The molecule has 1 N–H and O–H groups in total. The lowest BCUT2D eigenvalue weighted by Crippen LogP contribution is -2.41. The molecule has 0 bridgehead atoms. The summed E-state index contributed by atoms with van der Waals surface area (Å²) < 4.78 is 11.4. The Morgan fingerprint density at radius 1 is 0.694 bits per heavy atom. The lowest BCUT2D eigenvalue weighted by Gasteiger charge is -2.28. The van der Waals surface area contributed by atoms with E-state index >= 15 is 0 Å². The van der Waals surface area contributed by atoms with Gasteiger partial charge < -0.3 is 14.8 Å². The first-order valence-electron chi connectivity index (χ1n) is 14.0. The van der Waals surface area contributed by atoms with Crippen molar-refractivity contribution in [2.45, 2.75) is 78.1 Å². The van der Waals surface area contributed by atoms with Gasteiger partial charge in [0.25, 0.3) is 11.8 Å². The van der Waals surface area contributed by atoms with Crippen LogP contribution in [0.15, 0.2) is 30.3 Å². The molecule has 0 atom stereocenters. The van der Waals surface area contributed by atoms with Crippen molar-refractivity contribution in [2.24, 2.45) is 0 Å². The molecule has 0 saturated carbocycles. The maximum Gasteiger partial charge on any atom is 0.261 e. The molecule has 198 valence electrons. The molecule has 6 nitrogen and oxygen atoms in total. The SMILES string of the molecule is CCCCCCOCCCNc1ccc2c3c(cccc13)C(=O)N(CCCOCCCCCC)C2=O. The molecule has 0 aliphatic carbocycles. The van der Waals surface area contributed by atoms with E-state index in [1.54, 1.807) is 0 Å². The number of nitrogens with one attached hydrogen (secondary N) is 1. The van der Waals surface area contributed by atoms with Gasteiger partial charge in [0.2, 0.25) is 0 Å². The smallest absolute Gasteiger partial charge is 0.261 e. The van der Waals surface area contributed by atoms with Gasteiger partial charge in [-0.1, -0.05) is 64.5 Å². The number of hydrogen-bond donors (Lipinski definition) is 1. The van der Waals surface area contributed by atoms with Gasteiger partial charge in [-0.05, 0) is 43.9 Å². The van der Waals surface area contributed by atoms with E-state index in [0.29, 0.717) is 30.7 Å². The average molecular weight is 497 g/mol. The Labute approximate surface area is 216 Å². The van der Waals surface area contributed by atoms with Crippen LogP contribution in [0.2, 0.25) is 0 Å². The van der Waals surface area contributed by atoms with Crippen LogP contribution >= 0.6 is 0 Å². The summed E-state index contributed by atoms with van der Waals surface area (Å²) in [4.78, 5) is 27.8. The van der Waals surface area contributed by atoms with Crippen LogP contribution in [-0.2, 0) is 9.47 Å². The van der Waals surface area contributed by atoms with E-state index < -0.39 is 0 Å². The number of ether oxygens (including phenoxy) is 2. The van der Waals surface area contributed by atoms with Crippen LogP contribution in [-0.4, -0.2) is 56.2 Å². The Kier molecular flexibility index (Phi) is 12.2. The molecule has 1 aliphatic rings. The van der Waals surface area contributed by atoms with Crippen molar-refractivity contribution in [3.8, 4) is 0 Å². The number of imide groups is 1. The van der Waals surface area contributed by atoms with E-state index in [0.717, 1.165) is 62.1 Å². The normalized spacial score (nSPS) is 13.1. The molecule has 2 amide bonds. The number of benzene rings is 2. The Balaban J connectivity index is 1.52. The summed E-state index contributed by atoms with van der Waals surface area (Å²) in [5.74, 6) is -0.427. The van der Waals surface area contributed by atoms with Crippen molar-refractivity contribution < 1.29 is 19.1 Å². The van der Waals surface area contributed by atoms with Crippen LogP contribution in [0.3, 0.4) is 0 Å². The van der Waals surface area contributed by atoms with E-state index in [2.05, 4.69) is 19.2 Å². The Morgan fingerprint density at radius 3 is 1.97 bits per heavy atom. The molecular weight excluding hydrogens is 452 g/mol. The monoisotopic (exact) mass is 496 g/mol. The van der Waals surface area contributed by atoms with Crippen molar-refractivity contribution >= 4 is 28.3 Å². The van der Waals surface area contributed by atoms with Crippen molar-refractivity contribution in [3.05, 3.63) is 41.5 Å². The molecule has 2 aromatic carbocycles. The Bertz CT molecular complexity index is 953. The van der Waals surface area contributed by atoms with Crippen molar-refractivity contribution in [1.29, 1.82) is 0 Å². The van der Waals surface area contributed by atoms with E-state index in [1.807, 2.05) is 30.3 Å². The fourth-order valence-electron chi connectivity index (χ4n) is 4.69. The van der Waals surface area contributed by atoms with Gasteiger partial charge >= 0.3 is 0 Å². The predicted molar refractivity (Wildman–Crippen MR) is 147 cm³/mol. The van der Waals surface area contributed by atoms with E-state index in [1.165, 1.54) is 43.4 Å². The largest absolute Gasteiger partial charge is 0.384 e. The fourth-order valence-corrected chi connectivity index (χ4v) is 4.69. The number of hydrogen-bond acceptors (Lipinski definition) is 5. The van der Waals surface area contributed by atoms with Gasteiger partial charge in [0.15, 0.2) is 0 Å². The number of unbranched alkanes of at least 4 members (excludes halogenated alkanes) is 6. The summed E-state index contributed by atoms with van der Waals surface area (Å²) in [6.07, 6.45) is 11.1. The zero-order valence-electron chi connectivity index (χ0n) is 22.3. The molecule has 0 fully saturated rings. The number of carbonyl (C=O) groups excluding carboxylic acids is 2. The quantitative estimate of drug-likeness (QED) is 0.171. The van der Waals surface area contributed by atoms with Crippen LogP contribution in [0.1, 0.15) is 98.8 Å². The summed E-state index contributed by atoms with van der Waals surface area (Å²) in [6.45, 7) is 8.42. The van der Waals surface area contributed by atoms with Crippen LogP contribution in [0.5, 0.6) is 0 Å². The minimum absolute atomic E-state index is 0.213. The van der Waals surface area contributed by atoms with Gasteiger partial charge in [0.1, 0.15) is 0 Å². The average Bonchev–Trinajstić information content (AvgIpc) is 2.89. The van der Waals surface area contributed by atoms with E-state index in [-0.39, 0.29) is 11.8 Å². The summed E-state index contributed by atoms with van der Waals surface area (Å²) in [6, 6.07) is 9.52. The van der Waals surface area contributed by atoms with E-state index in [9.17, 15) is 9.59 Å². The van der Waals surface area contributed by atoms with Crippen LogP contribution < -0.4 is 5.32 Å². The highest BCUT2D eigenvalue weighted by atomic mass is 16.5. The van der Waals surface area contributed by atoms with Crippen molar-refractivity contribution in [2.75, 3.05) is 44.8 Å². The summed E-state index contributed by atoms with van der Waals surface area (Å²) in [7, 11) is 0. The molecule has 1 heterocycles. The minimum Gasteiger partial charge on any atom is -0.384 e. The summed E-state index contributed by atoms with van der Waals surface area (Å²) in [5.41, 5.74) is 2.15. The molecule has 0 unspecified atom stereocenters. The van der Waals surface area contributed by atoms with Gasteiger partial charge in [-0.15, -0.1) is 0 Å². The predicted octanol–water partition coefficient (Wildman–Crippen LogP) is 6.82. The minimum atomic E-state index is -0.213. The van der Waals surface area contributed by atoms with Gasteiger partial charge in [0.05, 0.1) is 0 Å². The van der Waals surface area contributed by atoms with Crippen LogP contribution in [0.25, 0.3) is 10.8 Å². The number of nitrogens with zero attached hydrogens (tertiary/aromatic N) is 1. The van der Waals surface area contributed by atoms with E-state index in [4.69, 9.17) is 9.47 Å². The highest BCUT2D eigenvalue weighted by Crippen LogP contribution is 2.34. The third kappa shape index (κ3) is 7.78. The molecule has 36 heavy (non-hydrogen) atoms. The lowest BCUT2D eigenvalue weighted by atomic mass is 9.93. The molecule has 0 radical (unpaired) electrons. The second kappa shape index (κ2) is 15.6. The zero-order valence-corrected chi connectivity index (χ0v) is 22.3.